The molecule has 6 heteroatoms. The van der Waals surface area contributed by atoms with Gasteiger partial charge in [-0.3, -0.25) is 9.36 Å². The fraction of sp³-hybridized carbons (Fsp3) is 0.167. The Hall–Kier alpha value is -2.27. The lowest BCUT2D eigenvalue weighted by molar-refractivity contribution is 0.507. The van der Waals surface area contributed by atoms with E-state index in [9.17, 15) is 18.0 Å². The Bertz CT molecular complexity index is 998. The molecule has 0 fully saturated rings. The third kappa shape index (κ3) is 2.69. The van der Waals surface area contributed by atoms with Gasteiger partial charge < -0.3 is 0 Å². The Labute approximate surface area is 141 Å². The number of aryl methyl sites for hydroxylation is 1. The Morgan fingerprint density at radius 2 is 1.71 bits per heavy atom. The molecule has 0 bridgehead atoms. The first-order valence-electron chi connectivity index (χ1n) is 7.42. The maximum Gasteiger partial charge on any atom is 0.264 e. The molecule has 0 unspecified atom stereocenters. The van der Waals surface area contributed by atoms with E-state index in [1.165, 1.54) is 22.8 Å². The molecule has 1 aromatic heterocycles. The summed E-state index contributed by atoms with van der Waals surface area (Å²) in [5.41, 5.74) is 0.222. The van der Waals surface area contributed by atoms with Crippen molar-refractivity contribution in [1.29, 1.82) is 0 Å². The van der Waals surface area contributed by atoms with Crippen molar-refractivity contribution in [2.75, 3.05) is 0 Å². The molecule has 0 atom stereocenters. The van der Waals surface area contributed by atoms with Crippen LogP contribution in [0.1, 0.15) is 19.0 Å². The molecule has 2 aromatic carbocycles. The molecular formula is C18H13ClF3NO. The minimum Gasteiger partial charge on any atom is -0.281 e. The van der Waals surface area contributed by atoms with Crippen LogP contribution in [0.2, 0.25) is 5.02 Å². The molecule has 1 heterocycles. The van der Waals surface area contributed by atoms with E-state index >= 15 is 0 Å². The molecule has 0 saturated carbocycles. The smallest absolute Gasteiger partial charge is 0.264 e. The molecule has 0 radical (unpaired) electrons. The van der Waals surface area contributed by atoms with Crippen LogP contribution in [-0.2, 0) is 6.42 Å². The summed E-state index contributed by atoms with van der Waals surface area (Å²) in [4.78, 5) is 12.9. The Kier molecular flexibility index (Phi) is 4.37. The number of rotatable bonds is 3. The number of nitrogens with zero attached hydrogens (tertiary/aromatic N) is 1. The average molecular weight is 352 g/mol. The quantitative estimate of drug-likeness (QED) is 0.650. The van der Waals surface area contributed by atoms with Crippen LogP contribution < -0.4 is 5.56 Å². The SMILES string of the molecule is CCCc1cc2ccc(F)c(Cl)c2c(=O)n1-c1ccc(F)c(F)c1. The fourth-order valence-electron chi connectivity index (χ4n) is 2.74. The number of pyridine rings is 1. The summed E-state index contributed by atoms with van der Waals surface area (Å²) < 4.78 is 41.8. The van der Waals surface area contributed by atoms with Gasteiger partial charge in [0.1, 0.15) is 5.82 Å². The number of hydrogen-bond donors (Lipinski definition) is 0. The molecule has 0 aliphatic rings. The largest absolute Gasteiger partial charge is 0.281 e. The Balaban J connectivity index is 2.41. The highest BCUT2D eigenvalue weighted by Gasteiger charge is 2.16. The van der Waals surface area contributed by atoms with Crippen molar-refractivity contribution in [2.45, 2.75) is 19.8 Å². The van der Waals surface area contributed by atoms with Crippen molar-refractivity contribution in [3.63, 3.8) is 0 Å². The van der Waals surface area contributed by atoms with Crippen molar-refractivity contribution < 1.29 is 13.2 Å². The lowest BCUT2D eigenvalue weighted by Crippen LogP contribution is -2.23. The summed E-state index contributed by atoms with van der Waals surface area (Å²) >= 11 is 5.95. The van der Waals surface area contributed by atoms with Crippen LogP contribution >= 0.6 is 11.6 Å². The maximum atomic E-state index is 13.7. The van der Waals surface area contributed by atoms with Gasteiger partial charge in [0.15, 0.2) is 11.6 Å². The first-order chi connectivity index (χ1) is 11.4. The molecule has 0 N–H and O–H groups in total. The molecule has 24 heavy (non-hydrogen) atoms. The van der Waals surface area contributed by atoms with Crippen molar-refractivity contribution in [3.05, 3.63) is 74.9 Å². The van der Waals surface area contributed by atoms with Gasteiger partial charge in [0, 0.05) is 11.8 Å². The highest BCUT2D eigenvalue weighted by atomic mass is 35.5. The van der Waals surface area contributed by atoms with Crippen LogP contribution in [0, 0.1) is 17.5 Å². The van der Waals surface area contributed by atoms with Crippen molar-refractivity contribution >= 4 is 22.4 Å². The maximum absolute atomic E-state index is 13.7. The number of benzene rings is 2. The van der Waals surface area contributed by atoms with Gasteiger partial charge in [-0.1, -0.05) is 31.0 Å². The van der Waals surface area contributed by atoms with Gasteiger partial charge in [0.25, 0.3) is 5.56 Å². The van der Waals surface area contributed by atoms with Gasteiger partial charge in [-0.05, 0) is 36.1 Å². The second-order valence-electron chi connectivity index (χ2n) is 5.45. The van der Waals surface area contributed by atoms with E-state index in [1.54, 1.807) is 6.07 Å². The van der Waals surface area contributed by atoms with Gasteiger partial charge in [0.2, 0.25) is 0 Å². The van der Waals surface area contributed by atoms with E-state index < -0.39 is 23.0 Å². The summed E-state index contributed by atoms with van der Waals surface area (Å²) in [7, 11) is 0. The van der Waals surface area contributed by atoms with Crippen LogP contribution in [0.4, 0.5) is 13.2 Å². The lowest BCUT2D eigenvalue weighted by Gasteiger charge is -2.15. The summed E-state index contributed by atoms with van der Waals surface area (Å²) in [5, 5.41) is 0.242. The normalized spacial score (nSPS) is 11.2. The van der Waals surface area contributed by atoms with Crippen LogP contribution in [0.15, 0.2) is 41.2 Å². The van der Waals surface area contributed by atoms with Gasteiger partial charge in [-0.15, -0.1) is 0 Å². The average Bonchev–Trinajstić information content (AvgIpc) is 2.54. The highest BCUT2D eigenvalue weighted by molar-refractivity contribution is 6.35. The standard InChI is InChI=1S/C18H13ClF3NO/c1-2-3-11-8-10-4-6-14(21)17(19)16(10)18(24)23(11)12-5-7-13(20)15(22)9-12/h4-9H,2-3H2,1H3. The van der Waals surface area contributed by atoms with E-state index in [0.29, 0.717) is 17.5 Å². The number of aromatic nitrogens is 1. The predicted octanol–water partition coefficient (Wildman–Crippen LogP) is 5.01. The van der Waals surface area contributed by atoms with E-state index in [0.717, 1.165) is 18.6 Å². The molecule has 0 aliphatic carbocycles. The Morgan fingerprint density at radius 3 is 2.38 bits per heavy atom. The lowest BCUT2D eigenvalue weighted by atomic mass is 10.1. The summed E-state index contributed by atoms with van der Waals surface area (Å²) in [6.07, 6.45) is 1.28. The molecule has 0 amide bonds. The van der Waals surface area contributed by atoms with Crippen molar-refractivity contribution in [2.24, 2.45) is 0 Å². The van der Waals surface area contributed by atoms with E-state index in [-0.39, 0.29) is 16.1 Å². The summed E-state index contributed by atoms with van der Waals surface area (Å²) in [6, 6.07) is 7.58. The second kappa shape index (κ2) is 6.32. The molecule has 3 rings (SSSR count). The minimum absolute atomic E-state index is 0.0150. The first kappa shape index (κ1) is 16.6. The molecular weight excluding hydrogens is 339 g/mol. The zero-order valence-corrected chi connectivity index (χ0v) is 13.5. The van der Waals surface area contributed by atoms with Crippen LogP contribution in [0.3, 0.4) is 0 Å². The third-order valence-corrected chi connectivity index (χ3v) is 4.19. The molecule has 0 saturated heterocycles. The number of hydrogen-bond acceptors (Lipinski definition) is 1. The fourth-order valence-corrected chi connectivity index (χ4v) is 2.99. The van der Waals surface area contributed by atoms with Gasteiger partial charge in [-0.25, -0.2) is 13.2 Å². The van der Waals surface area contributed by atoms with Crippen molar-refractivity contribution in [1.82, 2.24) is 4.57 Å². The topological polar surface area (TPSA) is 22.0 Å². The number of fused-ring (bicyclic) bond motifs is 1. The zero-order valence-electron chi connectivity index (χ0n) is 12.7. The van der Waals surface area contributed by atoms with Crippen LogP contribution in [0.5, 0.6) is 0 Å². The first-order valence-corrected chi connectivity index (χ1v) is 7.80. The van der Waals surface area contributed by atoms with Gasteiger partial charge in [-0.2, -0.15) is 0 Å². The van der Waals surface area contributed by atoms with Crippen molar-refractivity contribution in [3.8, 4) is 5.69 Å². The third-order valence-electron chi connectivity index (χ3n) is 3.82. The minimum atomic E-state index is -1.06. The van der Waals surface area contributed by atoms with E-state index in [4.69, 9.17) is 11.6 Å². The van der Waals surface area contributed by atoms with E-state index in [2.05, 4.69) is 0 Å². The van der Waals surface area contributed by atoms with Crippen LogP contribution in [-0.4, -0.2) is 4.57 Å². The molecule has 2 nitrogen and oxygen atoms in total. The molecule has 3 aromatic rings. The highest BCUT2D eigenvalue weighted by Crippen LogP contribution is 2.26. The molecule has 0 spiro atoms. The van der Waals surface area contributed by atoms with Crippen LogP contribution in [0.25, 0.3) is 16.5 Å². The summed E-state index contributed by atoms with van der Waals surface area (Å²) in [5.74, 6) is -2.78. The molecule has 124 valence electrons. The summed E-state index contributed by atoms with van der Waals surface area (Å²) in [6.45, 7) is 1.93. The second-order valence-corrected chi connectivity index (χ2v) is 5.83. The number of halogens is 4. The zero-order chi connectivity index (χ0) is 17.4. The Morgan fingerprint density at radius 1 is 1.00 bits per heavy atom. The van der Waals surface area contributed by atoms with E-state index in [1.807, 2.05) is 6.92 Å². The van der Waals surface area contributed by atoms with Gasteiger partial charge >= 0.3 is 0 Å². The van der Waals surface area contributed by atoms with Gasteiger partial charge in [0.05, 0.1) is 16.1 Å². The predicted molar refractivity (Wildman–Crippen MR) is 88.4 cm³/mol. The molecule has 0 aliphatic heterocycles. The monoisotopic (exact) mass is 351 g/mol.